The Bertz CT molecular complexity index is 518. The first-order valence-electron chi connectivity index (χ1n) is 7.87. The standard InChI is InChI=1S/C17H23NO3S/c19-15(20)9-3-1-2-6-11-18-17(21)16-14-8-5-4-7-13(14)10-12-22-16/h4-5,7-8,16H,1-3,6,9-12H2,(H,18,21)(H,19,20). The first-order chi connectivity index (χ1) is 10.7. The molecule has 0 bridgehead atoms. The molecule has 0 aliphatic carbocycles. The summed E-state index contributed by atoms with van der Waals surface area (Å²) >= 11 is 1.71. The molecule has 0 aromatic heterocycles. The third kappa shape index (κ3) is 5.05. The van der Waals surface area contributed by atoms with Crippen LogP contribution in [-0.4, -0.2) is 29.3 Å². The number of nitrogens with one attached hydrogen (secondary N) is 1. The lowest BCUT2D eigenvalue weighted by atomic mass is 10.0. The van der Waals surface area contributed by atoms with Crippen LogP contribution < -0.4 is 5.32 Å². The fraction of sp³-hybridized carbons (Fsp3) is 0.529. The zero-order valence-electron chi connectivity index (χ0n) is 12.7. The van der Waals surface area contributed by atoms with Gasteiger partial charge in [-0.05, 0) is 36.1 Å². The summed E-state index contributed by atoms with van der Waals surface area (Å²) < 4.78 is 0. The number of rotatable bonds is 8. The zero-order chi connectivity index (χ0) is 15.8. The third-order valence-corrected chi connectivity index (χ3v) is 5.09. The molecule has 1 aromatic carbocycles. The zero-order valence-corrected chi connectivity index (χ0v) is 13.5. The predicted molar refractivity (Wildman–Crippen MR) is 89.1 cm³/mol. The van der Waals surface area contributed by atoms with Crippen molar-refractivity contribution in [1.29, 1.82) is 0 Å². The maximum atomic E-state index is 12.3. The molecule has 1 amide bonds. The normalized spacial score (nSPS) is 16.8. The number of carbonyl (C=O) groups is 2. The van der Waals surface area contributed by atoms with E-state index >= 15 is 0 Å². The Balaban J connectivity index is 1.69. The van der Waals surface area contributed by atoms with Crippen molar-refractivity contribution in [3.8, 4) is 0 Å². The Kier molecular flexibility index (Phi) is 6.77. The van der Waals surface area contributed by atoms with Gasteiger partial charge in [0, 0.05) is 13.0 Å². The first-order valence-corrected chi connectivity index (χ1v) is 8.92. The monoisotopic (exact) mass is 321 g/mol. The number of carboxylic acids is 1. The summed E-state index contributed by atoms with van der Waals surface area (Å²) in [7, 11) is 0. The molecule has 5 heteroatoms. The summed E-state index contributed by atoms with van der Waals surface area (Å²) in [4.78, 5) is 22.7. The van der Waals surface area contributed by atoms with Gasteiger partial charge in [-0.2, -0.15) is 0 Å². The van der Waals surface area contributed by atoms with Crippen LogP contribution in [0.3, 0.4) is 0 Å². The molecular weight excluding hydrogens is 298 g/mol. The van der Waals surface area contributed by atoms with E-state index in [-0.39, 0.29) is 17.6 Å². The van der Waals surface area contributed by atoms with Crippen LogP contribution in [0.25, 0.3) is 0 Å². The summed E-state index contributed by atoms with van der Waals surface area (Å²) in [5.41, 5.74) is 2.44. The number of unbranched alkanes of at least 4 members (excludes halogenated alkanes) is 3. The Morgan fingerprint density at radius 1 is 1.18 bits per heavy atom. The highest BCUT2D eigenvalue weighted by atomic mass is 32.2. The van der Waals surface area contributed by atoms with Gasteiger partial charge in [0.15, 0.2) is 0 Å². The van der Waals surface area contributed by atoms with Gasteiger partial charge in [0.25, 0.3) is 0 Å². The van der Waals surface area contributed by atoms with Crippen molar-refractivity contribution < 1.29 is 14.7 Å². The number of fused-ring (bicyclic) bond motifs is 1. The van der Waals surface area contributed by atoms with Crippen LogP contribution in [0.15, 0.2) is 24.3 Å². The van der Waals surface area contributed by atoms with Crippen LogP contribution in [0.2, 0.25) is 0 Å². The second-order valence-corrected chi connectivity index (χ2v) is 6.76. The second-order valence-electron chi connectivity index (χ2n) is 5.55. The van der Waals surface area contributed by atoms with Gasteiger partial charge in [0.05, 0.1) is 0 Å². The van der Waals surface area contributed by atoms with Crippen LogP contribution in [0.5, 0.6) is 0 Å². The SMILES string of the molecule is O=C(O)CCCCCCNC(=O)C1SCCc2ccccc21. The Morgan fingerprint density at radius 2 is 1.95 bits per heavy atom. The van der Waals surface area contributed by atoms with Crippen molar-refractivity contribution in [2.45, 2.75) is 43.8 Å². The average Bonchev–Trinajstić information content (AvgIpc) is 2.53. The molecule has 0 saturated carbocycles. The van der Waals surface area contributed by atoms with Crippen LogP contribution >= 0.6 is 11.8 Å². The summed E-state index contributed by atoms with van der Waals surface area (Å²) in [6.07, 6.45) is 4.76. The quantitative estimate of drug-likeness (QED) is 0.722. The molecule has 22 heavy (non-hydrogen) atoms. The molecule has 1 unspecified atom stereocenters. The number of carbonyl (C=O) groups excluding carboxylic acids is 1. The molecule has 2 N–H and O–H groups in total. The van der Waals surface area contributed by atoms with Crippen molar-refractivity contribution >= 4 is 23.6 Å². The van der Waals surface area contributed by atoms with Crippen LogP contribution in [-0.2, 0) is 16.0 Å². The predicted octanol–water partition coefficient (Wildman–Crippen LogP) is 3.17. The molecule has 0 spiro atoms. The third-order valence-electron chi connectivity index (χ3n) is 3.85. The fourth-order valence-electron chi connectivity index (χ4n) is 2.67. The van der Waals surface area contributed by atoms with Gasteiger partial charge >= 0.3 is 5.97 Å². The van der Waals surface area contributed by atoms with Crippen LogP contribution in [0, 0.1) is 0 Å². The minimum atomic E-state index is -0.735. The van der Waals surface area contributed by atoms with Gasteiger partial charge < -0.3 is 10.4 Å². The van der Waals surface area contributed by atoms with Gasteiger partial charge in [-0.25, -0.2) is 0 Å². The van der Waals surface area contributed by atoms with E-state index < -0.39 is 5.97 Å². The highest BCUT2D eigenvalue weighted by Gasteiger charge is 2.26. The molecule has 1 aliphatic heterocycles. The van der Waals surface area contributed by atoms with Crippen molar-refractivity contribution in [3.05, 3.63) is 35.4 Å². The van der Waals surface area contributed by atoms with E-state index in [1.54, 1.807) is 11.8 Å². The maximum absolute atomic E-state index is 12.3. The van der Waals surface area contributed by atoms with Crippen molar-refractivity contribution in [2.24, 2.45) is 0 Å². The largest absolute Gasteiger partial charge is 0.481 e. The lowest BCUT2D eigenvalue weighted by Crippen LogP contribution is -2.30. The summed E-state index contributed by atoms with van der Waals surface area (Å²) in [5, 5.41) is 11.5. The lowest BCUT2D eigenvalue weighted by Gasteiger charge is -2.24. The molecule has 1 aromatic rings. The second kappa shape index (κ2) is 8.83. The molecule has 2 rings (SSSR count). The minimum Gasteiger partial charge on any atom is -0.481 e. The summed E-state index contributed by atoms with van der Waals surface area (Å²) in [5.74, 6) is 0.355. The van der Waals surface area contributed by atoms with E-state index in [1.807, 2.05) is 12.1 Å². The Morgan fingerprint density at radius 3 is 2.77 bits per heavy atom. The molecule has 0 saturated heterocycles. The highest BCUT2D eigenvalue weighted by Crippen LogP contribution is 2.36. The topological polar surface area (TPSA) is 66.4 Å². The van der Waals surface area contributed by atoms with Crippen molar-refractivity contribution in [2.75, 3.05) is 12.3 Å². The van der Waals surface area contributed by atoms with Gasteiger partial charge in [-0.3, -0.25) is 9.59 Å². The molecule has 0 radical (unpaired) electrons. The summed E-state index contributed by atoms with van der Waals surface area (Å²) in [6, 6.07) is 8.18. The molecule has 4 nitrogen and oxygen atoms in total. The number of aryl methyl sites for hydroxylation is 1. The first kappa shape index (κ1) is 16.9. The molecule has 120 valence electrons. The lowest BCUT2D eigenvalue weighted by molar-refractivity contribution is -0.137. The number of benzene rings is 1. The van der Waals surface area contributed by atoms with Gasteiger partial charge in [-0.1, -0.05) is 37.1 Å². The Hall–Kier alpha value is -1.49. The highest BCUT2D eigenvalue weighted by molar-refractivity contribution is 8.00. The van der Waals surface area contributed by atoms with Crippen LogP contribution in [0.4, 0.5) is 0 Å². The van der Waals surface area contributed by atoms with Crippen molar-refractivity contribution in [3.63, 3.8) is 0 Å². The van der Waals surface area contributed by atoms with E-state index in [0.717, 1.165) is 43.4 Å². The van der Waals surface area contributed by atoms with Crippen molar-refractivity contribution in [1.82, 2.24) is 5.32 Å². The summed E-state index contributed by atoms with van der Waals surface area (Å²) in [6.45, 7) is 0.672. The van der Waals surface area contributed by atoms with Gasteiger partial charge in [0.1, 0.15) is 5.25 Å². The Labute approximate surface area is 135 Å². The number of carboxylic acid groups (broad SMARTS) is 1. The molecule has 1 atom stereocenters. The molecule has 0 fully saturated rings. The van der Waals surface area contributed by atoms with E-state index in [0.29, 0.717) is 6.54 Å². The molecule has 1 aliphatic rings. The molecular formula is C17H23NO3S. The van der Waals surface area contributed by atoms with Gasteiger partial charge in [0.2, 0.25) is 5.91 Å². The number of aliphatic carboxylic acids is 1. The van der Waals surface area contributed by atoms with Crippen LogP contribution in [0.1, 0.15) is 48.5 Å². The van der Waals surface area contributed by atoms with E-state index in [2.05, 4.69) is 17.4 Å². The minimum absolute atomic E-state index is 0.0861. The average molecular weight is 321 g/mol. The fourth-order valence-corrected chi connectivity index (χ4v) is 3.89. The smallest absolute Gasteiger partial charge is 0.303 e. The van der Waals surface area contributed by atoms with Gasteiger partial charge in [-0.15, -0.1) is 11.8 Å². The van der Waals surface area contributed by atoms with E-state index in [1.165, 1.54) is 5.56 Å². The number of hydrogen-bond acceptors (Lipinski definition) is 3. The number of thioether (sulfide) groups is 1. The number of amides is 1. The maximum Gasteiger partial charge on any atom is 0.303 e. The number of hydrogen-bond donors (Lipinski definition) is 2. The van der Waals surface area contributed by atoms with E-state index in [4.69, 9.17) is 5.11 Å². The van der Waals surface area contributed by atoms with E-state index in [9.17, 15) is 9.59 Å². The molecule has 1 heterocycles.